The molecule has 0 radical (unpaired) electrons. The van der Waals surface area contributed by atoms with Gasteiger partial charge in [0.05, 0.1) is 19.2 Å². The molecule has 1 heterocycles. The van der Waals surface area contributed by atoms with Gasteiger partial charge in [0.2, 0.25) is 5.88 Å². The molecule has 4 nitrogen and oxygen atoms in total. The Labute approximate surface area is 120 Å². The third-order valence-corrected chi connectivity index (χ3v) is 3.24. The molecule has 0 bridgehead atoms. The van der Waals surface area contributed by atoms with Gasteiger partial charge in [-0.05, 0) is 24.6 Å². The van der Waals surface area contributed by atoms with Crippen molar-refractivity contribution in [2.45, 2.75) is 13.3 Å². The van der Waals surface area contributed by atoms with Crippen LogP contribution in [0, 0.1) is 6.92 Å². The first kappa shape index (κ1) is 13.7. The molecular weight excluding hydrogens is 308 g/mol. The summed E-state index contributed by atoms with van der Waals surface area (Å²) in [6.45, 7) is 1.92. The highest BCUT2D eigenvalue weighted by molar-refractivity contribution is 9.10. The molecule has 0 saturated heterocycles. The molecule has 0 saturated carbocycles. The molecule has 98 valence electrons. The summed E-state index contributed by atoms with van der Waals surface area (Å²) in [5.41, 5.74) is 2.30. The summed E-state index contributed by atoms with van der Waals surface area (Å²) in [4.78, 5) is 20.3. The van der Waals surface area contributed by atoms with Crippen molar-refractivity contribution < 1.29 is 9.53 Å². The van der Waals surface area contributed by atoms with E-state index >= 15 is 0 Å². The maximum atomic E-state index is 12.3. The zero-order chi connectivity index (χ0) is 13.8. The summed E-state index contributed by atoms with van der Waals surface area (Å²) in [6.07, 6.45) is 1.63. The molecule has 2 rings (SSSR count). The SMILES string of the molecule is COc1cc(CC(=O)c2cc(Br)ccc2C)ncn1. The van der Waals surface area contributed by atoms with E-state index in [9.17, 15) is 4.79 Å². The lowest BCUT2D eigenvalue weighted by Gasteiger charge is -2.06. The molecule has 0 atom stereocenters. The number of carbonyl (C=O) groups is 1. The van der Waals surface area contributed by atoms with Gasteiger partial charge < -0.3 is 4.74 Å². The maximum absolute atomic E-state index is 12.3. The van der Waals surface area contributed by atoms with Crippen LogP contribution in [0.2, 0.25) is 0 Å². The van der Waals surface area contributed by atoms with Gasteiger partial charge in [0.15, 0.2) is 5.78 Å². The number of nitrogens with zero attached hydrogens (tertiary/aromatic N) is 2. The lowest BCUT2D eigenvalue weighted by molar-refractivity contribution is 0.0991. The summed E-state index contributed by atoms with van der Waals surface area (Å²) >= 11 is 3.38. The molecule has 5 heteroatoms. The highest BCUT2D eigenvalue weighted by atomic mass is 79.9. The van der Waals surface area contributed by atoms with Crippen molar-refractivity contribution in [1.82, 2.24) is 9.97 Å². The van der Waals surface area contributed by atoms with Gasteiger partial charge in [-0.25, -0.2) is 9.97 Å². The van der Waals surface area contributed by atoms with Gasteiger partial charge in [0.25, 0.3) is 0 Å². The molecule has 0 aliphatic carbocycles. The molecule has 0 aliphatic rings. The minimum atomic E-state index is 0.0274. The van der Waals surface area contributed by atoms with Gasteiger partial charge in [-0.3, -0.25) is 4.79 Å². The molecule has 19 heavy (non-hydrogen) atoms. The Morgan fingerprint density at radius 1 is 1.32 bits per heavy atom. The third-order valence-electron chi connectivity index (χ3n) is 2.75. The highest BCUT2D eigenvalue weighted by Crippen LogP contribution is 2.18. The van der Waals surface area contributed by atoms with Crippen molar-refractivity contribution in [3.63, 3.8) is 0 Å². The molecule has 1 aromatic carbocycles. The van der Waals surface area contributed by atoms with Crippen LogP contribution in [0.5, 0.6) is 5.88 Å². The van der Waals surface area contributed by atoms with Crippen LogP contribution in [0.3, 0.4) is 0 Å². The second kappa shape index (κ2) is 5.93. The van der Waals surface area contributed by atoms with Crippen LogP contribution in [-0.2, 0) is 6.42 Å². The van der Waals surface area contributed by atoms with Crippen molar-refractivity contribution in [3.8, 4) is 5.88 Å². The summed E-state index contributed by atoms with van der Waals surface area (Å²) < 4.78 is 5.91. The van der Waals surface area contributed by atoms with Crippen LogP contribution >= 0.6 is 15.9 Å². The number of rotatable bonds is 4. The van der Waals surface area contributed by atoms with Crippen LogP contribution in [-0.4, -0.2) is 22.9 Å². The number of aromatic nitrogens is 2. The Morgan fingerprint density at radius 3 is 2.84 bits per heavy atom. The van der Waals surface area contributed by atoms with Gasteiger partial charge in [-0.15, -0.1) is 0 Å². The van der Waals surface area contributed by atoms with E-state index in [4.69, 9.17) is 4.74 Å². The third kappa shape index (κ3) is 3.38. The first-order valence-electron chi connectivity index (χ1n) is 5.74. The van der Waals surface area contributed by atoms with E-state index in [1.165, 1.54) is 13.4 Å². The van der Waals surface area contributed by atoms with Crippen molar-refractivity contribution >= 4 is 21.7 Å². The van der Waals surface area contributed by atoms with E-state index in [1.54, 1.807) is 6.07 Å². The Hall–Kier alpha value is -1.75. The predicted molar refractivity (Wildman–Crippen MR) is 75.5 cm³/mol. The second-order valence-electron chi connectivity index (χ2n) is 4.11. The average Bonchev–Trinajstić information content (AvgIpc) is 2.41. The lowest BCUT2D eigenvalue weighted by Crippen LogP contribution is -2.07. The minimum Gasteiger partial charge on any atom is -0.481 e. The van der Waals surface area contributed by atoms with Crippen LogP contribution < -0.4 is 4.74 Å². The molecule has 1 aromatic heterocycles. The molecule has 0 fully saturated rings. The Balaban J connectivity index is 2.23. The van der Waals surface area contributed by atoms with Crippen molar-refractivity contribution in [1.29, 1.82) is 0 Å². The highest BCUT2D eigenvalue weighted by Gasteiger charge is 2.12. The quantitative estimate of drug-likeness (QED) is 0.813. The second-order valence-corrected chi connectivity index (χ2v) is 5.03. The molecule has 0 aliphatic heterocycles. The Kier molecular flexibility index (Phi) is 4.27. The summed E-state index contributed by atoms with van der Waals surface area (Å²) in [6, 6.07) is 7.33. The number of ether oxygens (including phenoxy) is 1. The zero-order valence-corrected chi connectivity index (χ0v) is 12.3. The Morgan fingerprint density at radius 2 is 2.11 bits per heavy atom. The number of Topliss-reactive ketones (excluding diaryl/α,β-unsaturated/α-hetero) is 1. The number of halogens is 1. The van der Waals surface area contributed by atoms with Gasteiger partial charge in [-0.2, -0.15) is 0 Å². The molecule has 0 N–H and O–H groups in total. The summed E-state index contributed by atoms with van der Waals surface area (Å²) in [5, 5.41) is 0. The predicted octanol–water partition coefficient (Wildman–Crippen LogP) is 2.98. The van der Waals surface area contributed by atoms with E-state index in [0.717, 1.165) is 10.0 Å². The topological polar surface area (TPSA) is 52.1 Å². The van der Waals surface area contributed by atoms with Crippen LogP contribution in [0.15, 0.2) is 35.1 Å². The molecule has 0 spiro atoms. The monoisotopic (exact) mass is 320 g/mol. The smallest absolute Gasteiger partial charge is 0.216 e. The number of ketones is 1. The van der Waals surface area contributed by atoms with E-state index in [0.29, 0.717) is 17.1 Å². The molecule has 0 amide bonds. The van der Waals surface area contributed by atoms with Gasteiger partial charge >= 0.3 is 0 Å². The minimum absolute atomic E-state index is 0.0274. The number of hydrogen-bond donors (Lipinski definition) is 0. The van der Waals surface area contributed by atoms with Crippen LogP contribution in [0.25, 0.3) is 0 Å². The lowest BCUT2D eigenvalue weighted by atomic mass is 10.0. The number of hydrogen-bond acceptors (Lipinski definition) is 4. The van der Waals surface area contributed by atoms with Gasteiger partial charge in [-0.1, -0.05) is 22.0 Å². The average molecular weight is 321 g/mol. The fourth-order valence-electron chi connectivity index (χ4n) is 1.74. The van der Waals surface area contributed by atoms with E-state index in [-0.39, 0.29) is 12.2 Å². The van der Waals surface area contributed by atoms with Crippen molar-refractivity contribution in [2.75, 3.05) is 7.11 Å². The fraction of sp³-hybridized carbons (Fsp3) is 0.214. The first-order chi connectivity index (χ1) is 9.10. The summed E-state index contributed by atoms with van der Waals surface area (Å²) in [7, 11) is 1.53. The normalized spacial score (nSPS) is 10.3. The summed E-state index contributed by atoms with van der Waals surface area (Å²) in [5.74, 6) is 0.489. The van der Waals surface area contributed by atoms with Crippen LogP contribution in [0.1, 0.15) is 21.6 Å². The largest absolute Gasteiger partial charge is 0.481 e. The van der Waals surface area contributed by atoms with Crippen molar-refractivity contribution in [3.05, 3.63) is 51.9 Å². The first-order valence-corrected chi connectivity index (χ1v) is 6.53. The Bertz CT molecular complexity index is 614. The number of aryl methyl sites for hydroxylation is 1. The molecule has 0 unspecified atom stereocenters. The number of benzene rings is 1. The molecular formula is C14H13BrN2O2. The number of carbonyl (C=O) groups excluding carboxylic acids is 1. The van der Waals surface area contributed by atoms with Crippen LogP contribution in [0.4, 0.5) is 0 Å². The van der Waals surface area contributed by atoms with Gasteiger partial charge in [0.1, 0.15) is 6.33 Å². The standard InChI is InChI=1S/C14H13BrN2O2/c1-9-3-4-10(15)5-12(9)13(18)6-11-7-14(19-2)17-8-16-11/h3-5,7-8H,6H2,1-2H3. The fourth-order valence-corrected chi connectivity index (χ4v) is 2.10. The van der Waals surface area contributed by atoms with Gasteiger partial charge in [0, 0.05) is 16.1 Å². The van der Waals surface area contributed by atoms with E-state index < -0.39 is 0 Å². The maximum Gasteiger partial charge on any atom is 0.216 e. The van der Waals surface area contributed by atoms with Crippen molar-refractivity contribution in [2.24, 2.45) is 0 Å². The molecule has 2 aromatic rings. The number of methoxy groups -OCH3 is 1. The van der Waals surface area contributed by atoms with E-state index in [1.807, 2.05) is 25.1 Å². The zero-order valence-electron chi connectivity index (χ0n) is 10.7. The van der Waals surface area contributed by atoms with E-state index in [2.05, 4.69) is 25.9 Å².